The molecule has 5 heteroatoms. The predicted molar refractivity (Wildman–Crippen MR) is 95.5 cm³/mol. The van der Waals surface area contributed by atoms with Gasteiger partial charge in [0.1, 0.15) is 5.01 Å². The smallest absolute Gasteiger partial charge is 0.115 e. The Morgan fingerprint density at radius 1 is 1.38 bits per heavy atom. The van der Waals surface area contributed by atoms with Crippen LogP contribution in [-0.2, 0) is 6.42 Å². The van der Waals surface area contributed by atoms with Crippen LogP contribution in [0.15, 0.2) is 22.7 Å². The number of rotatable bonds is 6. The van der Waals surface area contributed by atoms with E-state index in [1.54, 1.807) is 11.3 Å². The maximum Gasteiger partial charge on any atom is 0.115 e. The molecule has 1 unspecified atom stereocenters. The van der Waals surface area contributed by atoms with Gasteiger partial charge in [-0.1, -0.05) is 31.5 Å². The minimum atomic E-state index is 0.111. The molecule has 0 saturated heterocycles. The Kier molecular flexibility index (Phi) is 6.23. The first kappa shape index (κ1) is 16.9. The van der Waals surface area contributed by atoms with Gasteiger partial charge in [-0.25, -0.2) is 4.98 Å². The van der Waals surface area contributed by atoms with Crippen LogP contribution in [0.5, 0.6) is 0 Å². The average Bonchev–Trinajstić information content (AvgIpc) is 2.84. The highest BCUT2D eigenvalue weighted by molar-refractivity contribution is 9.10. The van der Waals surface area contributed by atoms with Crippen molar-refractivity contribution in [1.82, 2.24) is 10.3 Å². The molecular formula is C16H20BrClN2S. The number of hydrogen-bond acceptors (Lipinski definition) is 3. The number of halogens is 2. The van der Waals surface area contributed by atoms with Crippen molar-refractivity contribution >= 4 is 38.9 Å². The Balaban J connectivity index is 2.38. The zero-order chi connectivity index (χ0) is 15.4. The predicted octanol–water partition coefficient (Wildman–Crippen LogP) is 5.52. The molecule has 2 nitrogen and oxygen atoms in total. The number of aryl methyl sites for hydroxylation is 2. The third kappa shape index (κ3) is 4.07. The van der Waals surface area contributed by atoms with Crippen LogP contribution in [0.4, 0.5) is 0 Å². The summed E-state index contributed by atoms with van der Waals surface area (Å²) in [4.78, 5) is 6.12. The second-order valence-corrected chi connectivity index (χ2v) is 7.47. The fourth-order valence-electron chi connectivity index (χ4n) is 2.23. The van der Waals surface area contributed by atoms with Crippen LogP contribution in [-0.4, -0.2) is 11.5 Å². The molecule has 1 aromatic carbocycles. The van der Waals surface area contributed by atoms with E-state index >= 15 is 0 Å². The number of thiazole rings is 1. The summed E-state index contributed by atoms with van der Waals surface area (Å²) in [5, 5.41) is 5.44. The minimum absolute atomic E-state index is 0.111. The fourth-order valence-corrected chi connectivity index (χ4v) is 3.78. The van der Waals surface area contributed by atoms with E-state index in [1.807, 2.05) is 12.1 Å². The summed E-state index contributed by atoms with van der Waals surface area (Å²) in [5.41, 5.74) is 2.36. The van der Waals surface area contributed by atoms with Crippen LogP contribution in [0.3, 0.4) is 0 Å². The van der Waals surface area contributed by atoms with E-state index < -0.39 is 0 Å². The highest BCUT2D eigenvalue weighted by Gasteiger charge is 2.19. The van der Waals surface area contributed by atoms with Crippen molar-refractivity contribution in [1.29, 1.82) is 0 Å². The molecular weight excluding hydrogens is 368 g/mol. The summed E-state index contributed by atoms with van der Waals surface area (Å²) in [6.45, 7) is 7.42. The SMILES string of the molecule is CCCNC(c1ccc(Br)c(Cl)c1)c1nc(CC)c(C)s1. The summed E-state index contributed by atoms with van der Waals surface area (Å²) in [6.07, 6.45) is 2.07. The van der Waals surface area contributed by atoms with Crippen molar-refractivity contribution in [2.45, 2.75) is 39.7 Å². The van der Waals surface area contributed by atoms with Crippen molar-refractivity contribution in [2.24, 2.45) is 0 Å². The maximum atomic E-state index is 6.25. The first-order chi connectivity index (χ1) is 10.1. The number of aromatic nitrogens is 1. The lowest BCUT2D eigenvalue weighted by Crippen LogP contribution is -2.23. The van der Waals surface area contributed by atoms with Crippen molar-refractivity contribution in [3.63, 3.8) is 0 Å². The molecule has 1 N–H and O–H groups in total. The van der Waals surface area contributed by atoms with Gasteiger partial charge in [-0.05, 0) is 59.9 Å². The van der Waals surface area contributed by atoms with Crippen LogP contribution in [0, 0.1) is 6.92 Å². The van der Waals surface area contributed by atoms with Gasteiger partial charge in [0.05, 0.1) is 16.8 Å². The van der Waals surface area contributed by atoms with Gasteiger partial charge in [0.25, 0.3) is 0 Å². The van der Waals surface area contributed by atoms with Gasteiger partial charge < -0.3 is 5.32 Å². The molecule has 0 aliphatic rings. The number of benzene rings is 1. The van der Waals surface area contributed by atoms with Gasteiger partial charge in [0.15, 0.2) is 0 Å². The lowest BCUT2D eigenvalue weighted by atomic mass is 10.1. The monoisotopic (exact) mass is 386 g/mol. The highest BCUT2D eigenvalue weighted by Crippen LogP contribution is 2.32. The number of hydrogen-bond donors (Lipinski definition) is 1. The van der Waals surface area contributed by atoms with Crippen LogP contribution in [0.2, 0.25) is 5.02 Å². The van der Waals surface area contributed by atoms with Gasteiger partial charge in [0, 0.05) is 9.35 Å². The molecule has 2 aromatic rings. The Bertz CT molecular complexity index is 612. The van der Waals surface area contributed by atoms with E-state index in [0.29, 0.717) is 0 Å². The molecule has 0 aliphatic heterocycles. The molecule has 1 heterocycles. The normalized spacial score (nSPS) is 12.6. The summed E-state index contributed by atoms with van der Waals surface area (Å²) in [5.74, 6) is 0. The van der Waals surface area contributed by atoms with Crippen LogP contribution in [0.1, 0.15) is 47.5 Å². The van der Waals surface area contributed by atoms with E-state index in [4.69, 9.17) is 16.6 Å². The standard InChI is InChI=1S/C16H20BrClN2S/c1-4-8-19-15(11-6-7-12(17)13(18)9-11)16-20-14(5-2)10(3)21-16/h6-7,9,15,19H,4-5,8H2,1-3H3. The van der Waals surface area contributed by atoms with E-state index in [9.17, 15) is 0 Å². The van der Waals surface area contributed by atoms with E-state index in [2.05, 4.69) is 48.1 Å². The largest absolute Gasteiger partial charge is 0.304 e. The fraction of sp³-hybridized carbons (Fsp3) is 0.438. The molecule has 0 radical (unpaired) electrons. The molecule has 0 aliphatic carbocycles. The van der Waals surface area contributed by atoms with Gasteiger partial charge in [0.2, 0.25) is 0 Å². The Morgan fingerprint density at radius 2 is 2.14 bits per heavy atom. The van der Waals surface area contributed by atoms with Crippen molar-refractivity contribution < 1.29 is 0 Å². The van der Waals surface area contributed by atoms with Crippen molar-refractivity contribution in [3.8, 4) is 0 Å². The first-order valence-corrected chi connectivity index (χ1v) is 9.20. The Hall–Kier alpha value is -0.420. The Labute approximate surface area is 144 Å². The number of nitrogens with one attached hydrogen (secondary N) is 1. The van der Waals surface area contributed by atoms with E-state index in [-0.39, 0.29) is 6.04 Å². The summed E-state index contributed by atoms with van der Waals surface area (Å²) in [6, 6.07) is 6.23. The molecule has 2 rings (SSSR count). The molecule has 0 spiro atoms. The minimum Gasteiger partial charge on any atom is -0.304 e. The average molecular weight is 388 g/mol. The zero-order valence-corrected chi connectivity index (χ0v) is 15.7. The van der Waals surface area contributed by atoms with Crippen LogP contribution >= 0.6 is 38.9 Å². The molecule has 0 saturated carbocycles. The first-order valence-electron chi connectivity index (χ1n) is 7.21. The van der Waals surface area contributed by atoms with Gasteiger partial charge in [-0.3, -0.25) is 0 Å². The third-order valence-corrected chi connectivity index (χ3v) is 5.68. The second-order valence-electron chi connectivity index (χ2n) is 4.97. The van der Waals surface area contributed by atoms with Crippen LogP contribution < -0.4 is 5.32 Å². The highest BCUT2D eigenvalue weighted by atomic mass is 79.9. The van der Waals surface area contributed by atoms with Crippen molar-refractivity contribution in [3.05, 3.63) is 48.8 Å². The van der Waals surface area contributed by atoms with Gasteiger partial charge >= 0.3 is 0 Å². The second kappa shape index (κ2) is 7.73. The summed E-state index contributed by atoms with van der Waals surface area (Å²) >= 11 is 11.5. The molecule has 1 aromatic heterocycles. The molecule has 0 amide bonds. The summed E-state index contributed by atoms with van der Waals surface area (Å²) in [7, 11) is 0. The Morgan fingerprint density at radius 3 is 2.71 bits per heavy atom. The third-order valence-electron chi connectivity index (χ3n) is 3.37. The van der Waals surface area contributed by atoms with E-state index in [1.165, 1.54) is 10.6 Å². The molecule has 1 atom stereocenters. The van der Waals surface area contributed by atoms with Crippen molar-refractivity contribution in [2.75, 3.05) is 6.54 Å². The molecule has 114 valence electrons. The van der Waals surface area contributed by atoms with Crippen LogP contribution in [0.25, 0.3) is 0 Å². The quantitative estimate of drug-likeness (QED) is 0.706. The summed E-state index contributed by atoms with van der Waals surface area (Å²) < 4.78 is 0.923. The molecule has 21 heavy (non-hydrogen) atoms. The lowest BCUT2D eigenvalue weighted by Gasteiger charge is -2.17. The van der Waals surface area contributed by atoms with Gasteiger partial charge in [-0.15, -0.1) is 11.3 Å². The molecule has 0 bridgehead atoms. The van der Waals surface area contributed by atoms with Gasteiger partial charge in [-0.2, -0.15) is 0 Å². The molecule has 0 fully saturated rings. The lowest BCUT2D eigenvalue weighted by molar-refractivity contribution is 0.594. The number of nitrogens with zero attached hydrogens (tertiary/aromatic N) is 1. The maximum absolute atomic E-state index is 6.25. The topological polar surface area (TPSA) is 24.9 Å². The van der Waals surface area contributed by atoms with E-state index in [0.717, 1.165) is 39.5 Å². The zero-order valence-electron chi connectivity index (χ0n) is 12.5.